The Kier molecular flexibility index (Phi) is 4.64. The highest BCUT2D eigenvalue weighted by Gasteiger charge is 2.36. The zero-order valence-electron chi connectivity index (χ0n) is 14.9. The van der Waals surface area contributed by atoms with E-state index in [1.165, 1.54) is 5.56 Å². The van der Waals surface area contributed by atoms with Crippen LogP contribution in [-0.2, 0) is 10.3 Å². The van der Waals surface area contributed by atoms with Gasteiger partial charge in [0.25, 0.3) is 0 Å². The Balaban J connectivity index is 1.69. The monoisotopic (exact) mass is 361 g/mol. The van der Waals surface area contributed by atoms with Crippen LogP contribution in [0.3, 0.4) is 0 Å². The molecule has 3 rings (SSSR count). The quantitative estimate of drug-likeness (QED) is 0.912. The molecule has 2 heterocycles. The average molecular weight is 362 g/mol. The predicted molar refractivity (Wildman–Crippen MR) is 101 cm³/mol. The molecule has 134 valence electrons. The molecule has 0 saturated carbocycles. The van der Waals surface area contributed by atoms with Gasteiger partial charge in [-0.1, -0.05) is 17.7 Å². The molecule has 0 atom stereocenters. The molecule has 2 N–H and O–H groups in total. The number of nitrogen functional groups attached to an aromatic ring is 1. The van der Waals surface area contributed by atoms with Crippen molar-refractivity contribution in [3.63, 3.8) is 0 Å². The number of aryl methyl sites for hydroxylation is 1. The van der Waals surface area contributed by atoms with Crippen molar-refractivity contribution in [1.29, 1.82) is 0 Å². The minimum Gasteiger partial charge on any atom is -0.396 e. The number of benzene rings is 1. The van der Waals surface area contributed by atoms with E-state index in [1.54, 1.807) is 17.1 Å². The van der Waals surface area contributed by atoms with Crippen LogP contribution < -0.4 is 10.6 Å². The van der Waals surface area contributed by atoms with Gasteiger partial charge < -0.3 is 15.5 Å². The molecule has 1 aliphatic heterocycles. The van der Waals surface area contributed by atoms with Crippen LogP contribution in [0.4, 0.5) is 11.4 Å². The first-order chi connectivity index (χ1) is 11.8. The first kappa shape index (κ1) is 17.6. The van der Waals surface area contributed by atoms with E-state index in [0.717, 1.165) is 23.8 Å². The van der Waals surface area contributed by atoms with Gasteiger partial charge in [-0.2, -0.15) is 5.10 Å². The van der Waals surface area contributed by atoms with Crippen LogP contribution in [0.5, 0.6) is 0 Å². The van der Waals surface area contributed by atoms with Crippen molar-refractivity contribution < 1.29 is 4.79 Å². The lowest BCUT2D eigenvalue weighted by Gasteiger charge is -2.40. The van der Waals surface area contributed by atoms with E-state index in [4.69, 9.17) is 17.3 Å². The van der Waals surface area contributed by atoms with E-state index >= 15 is 0 Å². The Hall–Kier alpha value is -2.21. The largest absolute Gasteiger partial charge is 0.396 e. The van der Waals surface area contributed by atoms with E-state index in [0.29, 0.717) is 18.8 Å². The standard InChI is InChI=1S/C18H24ClN5O/c1-13-4-5-14(19)10-16(13)22-6-8-23(9-7-22)17(25)18(2,3)24-12-15(20)11-21-24/h4-5,10-12H,6-9,20H2,1-3H3. The number of nitrogens with zero attached hydrogens (tertiary/aromatic N) is 4. The summed E-state index contributed by atoms with van der Waals surface area (Å²) in [6, 6.07) is 5.92. The van der Waals surface area contributed by atoms with Crippen LogP contribution in [-0.4, -0.2) is 46.8 Å². The highest BCUT2D eigenvalue weighted by Crippen LogP contribution is 2.26. The zero-order chi connectivity index (χ0) is 18.2. The normalized spacial score (nSPS) is 15.5. The van der Waals surface area contributed by atoms with Crippen molar-refractivity contribution >= 4 is 28.9 Å². The van der Waals surface area contributed by atoms with Crippen molar-refractivity contribution in [3.8, 4) is 0 Å². The maximum Gasteiger partial charge on any atom is 0.250 e. The number of anilines is 2. The van der Waals surface area contributed by atoms with Crippen molar-refractivity contribution in [2.24, 2.45) is 0 Å². The number of carbonyl (C=O) groups is 1. The van der Waals surface area contributed by atoms with Gasteiger partial charge in [0, 0.05) is 43.1 Å². The number of halogens is 1. The summed E-state index contributed by atoms with van der Waals surface area (Å²) in [5, 5.41) is 4.94. The summed E-state index contributed by atoms with van der Waals surface area (Å²) in [5.74, 6) is 0.0538. The molecule has 0 unspecified atom stereocenters. The number of rotatable bonds is 3. The van der Waals surface area contributed by atoms with Crippen molar-refractivity contribution in [2.75, 3.05) is 36.8 Å². The third-order valence-corrected chi connectivity index (χ3v) is 5.01. The minimum atomic E-state index is -0.758. The summed E-state index contributed by atoms with van der Waals surface area (Å²) < 4.78 is 1.64. The Labute approximate surface area is 153 Å². The highest BCUT2D eigenvalue weighted by atomic mass is 35.5. The molecule has 7 heteroatoms. The molecule has 0 radical (unpaired) electrons. The second kappa shape index (κ2) is 6.59. The van der Waals surface area contributed by atoms with E-state index in [2.05, 4.69) is 16.9 Å². The summed E-state index contributed by atoms with van der Waals surface area (Å²) >= 11 is 6.13. The van der Waals surface area contributed by atoms with Crippen LogP contribution in [0.2, 0.25) is 5.02 Å². The first-order valence-corrected chi connectivity index (χ1v) is 8.78. The Morgan fingerprint density at radius 1 is 1.24 bits per heavy atom. The van der Waals surface area contributed by atoms with Gasteiger partial charge in [-0.15, -0.1) is 0 Å². The van der Waals surface area contributed by atoms with E-state index < -0.39 is 5.54 Å². The summed E-state index contributed by atoms with van der Waals surface area (Å²) in [5.41, 5.74) is 7.87. The molecule has 6 nitrogen and oxygen atoms in total. The number of aromatic nitrogens is 2. The Bertz CT molecular complexity index is 778. The summed E-state index contributed by atoms with van der Waals surface area (Å²) in [6.07, 6.45) is 3.26. The molecule has 1 fully saturated rings. The van der Waals surface area contributed by atoms with Crippen LogP contribution in [0.1, 0.15) is 19.4 Å². The number of hydrogen-bond donors (Lipinski definition) is 1. The molecule has 1 aromatic heterocycles. The summed E-state index contributed by atoms with van der Waals surface area (Å²) in [7, 11) is 0. The van der Waals surface area contributed by atoms with Gasteiger partial charge in [-0.3, -0.25) is 9.48 Å². The second-order valence-corrected chi connectivity index (χ2v) is 7.42. The fourth-order valence-electron chi connectivity index (χ4n) is 3.20. The molecule has 0 aliphatic carbocycles. The second-order valence-electron chi connectivity index (χ2n) is 6.99. The smallest absolute Gasteiger partial charge is 0.250 e. The Morgan fingerprint density at radius 2 is 1.92 bits per heavy atom. The lowest BCUT2D eigenvalue weighted by atomic mass is 10.0. The lowest BCUT2D eigenvalue weighted by Crippen LogP contribution is -2.55. The van der Waals surface area contributed by atoms with E-state index in [-0.39, 0.29) is 5.91 Å². The van der Waals surface area contributed by atoms with Gasteiger partial charge in [-0.05, 0) is 38.5 Å². The highest BCUT2D eigenvalue weighted by molar-refractivity contribution is 6.30. The number of carbonyl (C=O) groups excluding carboxylic acids is 1. The molecule has 1 aliphatic rings. The van der Waals surface area contributed by atoms with Crippen LogP contribution in [0.25, 0.3) is 0 Å². The molecule has 2 aromatic rings. The van der Waals surface area contributed by atoms with Crippen LogP contribution >= 0.6 is 11.6 Å². The maximum absolute atomic E-state index is 13.0. The molecular formula is C18H24ClN5O. The van der Waals surface area contributed by atoms with Gasteiger partial charge >= 0.3 is 0 Å². The summed E-state index contributed by atoms with van der Waals surface area (Å²) in [4.78, 5) is 17.2. The van der Waals surface area contributed by atoms with E-state index in [1.807, 2.05) is 36.9 Å². The van der Waals surface area contributed by atoms with Crippen molar-refractivity contribution in [3.05, 3.63) is 41.2 Å². The molecule has 0 spiro atoms. The van der Waals surface area contributed by atoms with Gasteiger partial charge in [-0.25, -0.2) is 0 Å². The minimum absolute atomic E-state index is 0.0538. The number of amides is 1. The maximum atomic E-state index is 13.0. The molecular weight excluding hydrogens is 338 g/mol. The van der Waals surface area contributed by atoms with Gasteiger partial charge in [0.15, 0.2) is 0 Å². The van der Waals surface area contributed by atoms with Gasteiger partial charge in [0.05, 0.1) is 11.9 Å². The topological polar surface area (TPSA) is 67.4 Å². The molecule has 25 heavy (non-hydrogen) atoms. The average Bonchev–Trinajstić information content (AvgIpc) is 3.04. The number of hydrogen-bond acceptors (Lipinski definition) is 4. The van der Waals surface area contributed by atoms with Crippen molar-refractivity contribution in [1.82, 2.24) is 14.7 Å². The summed E-state index contributed by atoms with van der Waals surface area (Å²) in [6.45, 7) is 8.73. The molecule has 1 aromatic carbocycles. The Morgan fingerprint density at radius 3 is 2.52 bits per heavy atom. The molecule has 1 amide bonds. The SMILES string of the molecule is Cc1ccc(Cl)cc1N1CCN(C(=O)C(C)(C)n2cc(N)cn2)CC1. The van der Waals surface area contributed by atoms with Crippen LogP contribution in [0, 0.1) is 6.92 Å². The fraction of sp³-hybridized carbons (Fsp3) is 0.444. The van der Waals surface area contributed by atoms with Crippen LogP contribution in [0.15, 0.2) is 30.6 Å². The zero-order valence-corrected chi connectivity index (χ0v) is 15.6. The predicted octanol–water partition coefficient (Wildman–Crippen LogP) is 2.51. The van der Waals surface area contributed by atoms with Gasteiger partial charge in [0.2, 0.25) is 5.91 Å². The molecule has 0 bridgehead atoms. The van der Waals surface area contributed by atoms with E-state index in [9.17, 15) is 4.79 Å². The number of nitrogens with two attached hydrogens (primary N) is 1. The van der Waals surface area contributed by atoms with Crippen molar-refractivity contribution in [2.45, 2.75) is 26.3 Å². The third kappa shape index (κ3) is 3.44. The molecule has 1 saturated heterocycles. The number of piperazine rings is 1. The fourth-order valence-corrected chi connectivity index (χ4v) is 3.37. The third-order valence-electron chi connectivity index (χ3n) is 4.78. The van der Waals surface area contributed by atoms with Gasteiger partial charge in [0.1, 0.15) is 5.54 Å². The lowest BCUT2D eigenvalue weighted by molar-refractivity contribution is -0.140. The first-order valence-electron chi connectivity index (χ1n) is 8.40.